The smallest absolute Gasteiger partial charge is 0.416 e. The van der Waals surface area contributed by atoms with Crippen molar-refractivity contribution in [2.75, 3.05) is 20.2 Å². The predicted molar refractivity (Wildman–Crippen MR) is 159 cm³/mol. The number of nitrogens with zero attached hydrogens (tertiary/aromatic N) is 2. The second-order valence-corrected chi connectivity index (χ2v) is 13.5. The number of carbonyl (C=O) groups is 1. The van der Waals surface area contributed by atoms with Crippen molar-refractivity contribution in [3.8, 4) is 5.75 Å². The molecule has 0 radical (unpaired) electrons. The Morgan fingerprint density at radius 1 is 1.10 bits per heavy atom. The highest BCUT2D eigenvalue weighted by Crippen LogP contribution is 2.39. The quantitative estimate of drug-likeness (QED) is 0.156. The number of aryl methyl sites for hydroxylation is 2. The van der Waals surface area contributed by atoms with Gasteiger partial charge in [-0.1, -0.05) is 13.8 Å². The molecule has 4 rings (SSSR count). The molecule has 0 spiro atoms. The van der Waals surface area contributed by atoms with Gasteiger partial charge in [0.25, 0.3) is 10.0 Å². The van der Waals surface area contributed by atoms with Crippen LogP contribution in [0.25, 0.3) is 21.0 Å². The number of alkyl halides is 3. The summed E-state index contributed by atoms with van der Waals surface area (Å²) in [4.78, 5) is 11.9. The number of hydrogen-bond donors (Lipinski definition) is 0. The first-order valence-corrected chi connectivity index (χ1v) is 16.0. The molecule has 0 saturated heterocycles. The second kappa shape index (κ2) is 12.6. The molecule has 0 aliphatic carbocycles. The van der Waals surface area contributed by atoms with Crippen LogP contribution in [-0.2, 0) is 38.7 Å². The molecule has 7 nitrogen and oxygen atoms in total. The zero-order chi connectivity index (χ0) is 30.8. The van der Waals surface area contributed by atoms with Crippen molar-refractivity contribution in [1.82, 2.24) is 8.87 Å². The van der Waals surface area contributed by atoms with Gasteiger partial charge in [0.15, 0.2) is 0 Å². The minimum absolute atomic E-state index is 0.0365. The van der Waals surface area contributed by atoms with Crippen molar-refractivity contribution in [2.24, 2.45) is 0 Å². The van der Waals surface area contributed by atoms with Gasteiger partial charge in [-0.25, -0.2) is 8.42 Å². The molecule has 228 valence electrons. The molecule has 0 saturated carbocycles. The lowest BCUT2D eigenvalue weighted by atomic mass is 10.1. The number of fused-ring (bicyclic) bond motifs is 2. The van der Waals surface area contributed by atoms with Crippen LogP contribution in [0.2, 0.25) is 0 Å². The van der Waals surface area contributed by atoms with Gasteiger partial charge in [0.2, 0.25) is 0 Å². The normalized spacial score (nSPS) is 13.3. The molecule has 2 aromatic carbocycles. The molecule has 42 heavy (non-hydrogen) atoms. The molecular weight excluding hydrogens is 589 g/mol. The van der Waals surface area contributed by atoms with E-state index in [9.17, 15) is 26.4 Å². The lowest BCUT2D eigenvalue weighted by Gasteiger charge is -2.25. The number of sulfonamides is 1. The van der Waals surface area contributed by atoms with Crippen molar-refractivity contribution < 1.29 is 35.9 Å². The van der Waals surface area contributed by atoms with E-state index in [0.717, 1.165) is 52.9 Å². The first kappa shape index (κ1) is 31.8. The molecule has 0 amide bonds. The number of aromatic nitrogens is 1. The molecule has 0 aliphatic heterocycles. The topological polar surface area (TPSA) is 77.8 Å². The zero-order valence-corrected chi connectivity index (χ0v) is 25.9. The van der Waals surface area contributed by atoms with E-state index in [0.29, 0.717) is 22.4 Å². The Bertz CT molecular complexity index is 1690. The minimum Gasteiger partial charge on any atom is -0.489 e. The Balaban J connectivity index is 1.59. The van der Waals surface area contributed by atoms with Crippen molar-refractivity contribution in [3.05, 3.63) is 59.3 Å². The Labute approximate surface area is 247 Å². The van der Waals surface area contributed by atoms with E-state index < -0.39 is 27.9 Å². The first-order chi connectivity index (χ1) is 19.8. The number of thiophene rings is 1. The fraction of sp³-hybridized carbons (Fsp3) is 0.433. The van der Waals surface area contributed by atoms with Crippen LogP contribution in [0.3, 0.4) is 0 Å². The summed E-state index contributed by atoms with van der Waals surface area (Å²) in [5, 5.41) is 1.20. The van der Waals surface area contributed by atoms with E-state index in [1.54, 1.807) is 19.9 Å². The molecular formula is C30H35F3N2O5S2. The molecule has 12 heteroatoms. The van der Waals surface area contributed by atoms with Crippen molar-refractivity contribution in [3.63, 3.8) is 0 Å². The number of benzene rings is 2. The number of carbonyl (C=O) groups excluding carboxylic acids is 1. The molecule has 0 N–H and O–H groups in total. The van der Waals surface area contributed by atoms with Gasteiger partial charge < -0.3 is 14.0 Å². The monoisotopic (exact) mass is 624 g/mol. The average molecular weight is 625 g/mol. The molecule has 0 aliphatic rings. The van der Waals surface area contributed by atoms with Gasteiger partial charge in [0, 0.05) is 35.4 Å². The first-order valence-electron chi connectivity index (χ1n) is 13.8. The molecule has 0 fully saturated rings. The van der Waals surface area contributed by atoms with Crippen LogP contribution in [0.5, 0.6) is 5.75 Å². The van der Waals surface area contributed by atoms with E-state index in [-0.39, 0.29) is 35.1 Å². The molecule has 1 atom stereocenters. The lowest BCUT2D eigenvalue weighted by molar-refractivity contribution is -0.140. The second-order valence-electron chi connectivity index (χ2n) is 10.3. The predicted octanol–water partition coefficient (Wildman–Crippen LogP) is 7.18. The standard InChI is InChI=1S/C30H35F3N2O5S2/c1-6-12-34-18-21(14-28(36)39-5)24-10-9-23(16-26(24)34)40-19(3)17-35(13-7-2)42(37,38)29-20(4)25-15-22(30(31,32)33)8-11-27(25)41-29/h8-11,15-16,18-19H,6-7,12-14,17H2,1-5H3/t19-/m1/s1. The van der Waals surface area contributed by atoms with Crippen LogP contribution in [0.4, 0.5) is 13.2 Å². The molecule has 4 aromatic rings. The number of rotatable bonds is 12. The summed E-state index contributed by atoms with van der Waals surface area (Å²) >= 11 is 0.978. The fourth-order valence-corrected chi connectivity index (χ4v) is 8.56. The Kier molecular flexibility index (Phi) is 9.58. The molecule has 0 unspecified atom stereocenters. The summed E-state index contributed by atoms with van der Waals surface area (Å²) in [6.45, 7) is 8.28. The summed E-state index contributed by atoms with van der Waals surface area (Å²) in [7, 11) is -2.65. The number of hydrogen-bond acceptors (Lipinski definition) is 6. The number of esters is 1. The van der Waals surface area contributed by atoms with Crippen LogP contribution in [0, 0.1) is 6.92 Å². The van der Waals surface area contributed by atoms with Crippen LogP contribution in [0.15, 0.2) is 46.8 Å². The Morgan fingerprint density at radius 2 is 1.83 bits per heavy atom. The Morgan fingerprint density at radius 3 is 2.48 bits per heavy atom. The summed E-state index contributed by atoms with van der Waals surface area (Å²) in [6.07, 6.45) is -1.52. The third kappa shape index (κ3) is 6.60. The maximum Gasteiger partial charge on any atom is 0.416 e. The largest absolute Gasteiger partial charge is 0.489 e. The maximum absolute atomic E-state index is 13.8. The highest BCUT2D eigenvalue weighted by Gasteiger charge is 2.33. The van der Waals surface area contributed by atoms with E-state index >= 15 is 0 Å². The van der Waals surface area contributed by atoms with Gasteiger partial charge in [-0.3, -0.25) is 4.79 Å². The van der Waals surface area contributed by atoms with Crippen LogP contribution >= 0.6 is 11.3 Å². The van der Waals surface area contributed by atoms with Crippen molar-refractivity contribution in [1.29, 1.82) is 0 Å². The summed E-state index contributed by atoms with van der Waals surface area (Å²) in [5.41, 5.74) is 1.25. The SMILES string of the molecule is CCCN(C[C@@H](C)Oc1ccc2c(CC(=O)OC)cn(CCC)c2c1)S(=O)(=O)c1sc2ccc(C(F)(F)F)cc2c1C. The lowest BCUT2D eigenvalue weighted by Crippen LogP contribution is -2.39. The third-order valence-electron chi connectivity index (χ3n) is 7.03. The molecule has 0 bridgehead atoms. The van der Waals surface area contributed by atoms with Gasteiger partial charge in [-0.05, 0) is 73.5 Å². The van der Waals surface area contributed by atoms with E-state index in [4.69, 9.17) is 9.47 Å². The van der Waals surface area contributed by atoms with Gasteiger partial charge in [0.1, 0.15) is 16.1 Å². The number of ether oxygens (including phenoxy) is 2. The van der Waals surface area contributed by atoms with Crippen molar-refractivity contribution >= 4 is 48.3 Å². The van der Waals surface area contributed by atoms with E-state index in [2.05, 4.69) is 11.5 Å². The van der Waals surface area contributed by atoms with Crippen LogP contribution in [0.1, 0.15) is 50.3 Å². The zero-order valence-electron chi connectivity index (χ0n) is 24.2. The third-order valence-corrected chi connectivity index (χ3v) is 10.8. The Hall–Kier alpha value is -3.09. The van der Waals surface area contributed by atoms with Gasteiger partial charge in [-0.2, -0.15) is 17.5 Å². The molecule has 2 heterocycles. The van der Waals surface area contributed by atoms with Gasteiger partial charge in [-0.15, -0.1) is 11.3 Å². The highest BCUT2D eigenvalue weighted by atomic mass is 32.2. The van der Waals surface area contributed by atoms with Crippen molar-refractivity contribution in [2.45, 2.75) is 70.0 Å². The summed E-state index contributed by atoms with van der Waals surface area (Å²) in [5.74, 6) is 0.230. The number of halogens is 3. The van der Waals surface area contributed by atoms with Crippen LogP contribution in [-0.4, -0.2) is 49.6 Å². The average Bonchev–Trinajstić information content (AvgIpc) is 3.44. The summed E-state index contributed by atoms with van der Waals surface area (Å²) in [6, 6.07) is 8.88. The highest BCUT2D eigenvalue weighted by molar-refractivity contribution is 7.91. The van der Waals surface area contributed by atoms with Gasteiger partial charge in [0.05, 0.1) is 31.2 Å². The van der Waals surface area contributed by atoms with E-state index in [1.165, 1.54) is 17.5 Å². The molecule has 2 aromatic heterocycles. The van der Waals surface area contributed by atoms with Crippen LogP contribution < -0.4 is 4.74 Å². The van der Waals surface area contributed by atoms with Gasteiger partial charge >= 0.3 is 12.1 Å². The minimum atomic E-state index is -4.52. The maximum atomic E-state index is 13.8. The summed E-state index contributed by atoms with van der Waals surface area (Å²) < 4.78 is 82.4. The van der Waals surface area contributed by atoms with E-state index in [1.807, 2.05) is 25.3 Å². The fourth-order valence-electron chi connectivity index (χ4n) is 5.07. The number of methoxy groups -OCH3 is 1.